The second kappa shape index (κ2) is 10.9. The van der Waals surface area contributed by atoms with Gasteiger partial charge in [-0.1, -0.05) is 42.1 Å². The number of rotatable bonds is 10. The number of aromatic nitrogens is 3. The number of nitrogens with zero attached hydrogens (tertiary/aromatic N) is 4. The SMILES string of the molecule is COCC(C)n1c(COc2ccccc2F)nnc1SCC(=O)N(C)c1ccccc1. The lowest BCUT2D eigenvalue weighted by Gasteiger charge is -2.19. The van der Waals surface area contributed by atoms with Crippen molar-refractivity contribution in [2.75, 3.05) is 31.4 Å². The van der Waals surface area contributed by atoms with Crippen molar-refractivity contribution in [2.45, 2.75) is 24.7 Å². The van der Waals surface area contributed by atoms with Gasteiger partial charge in [-0.3, -0.25) is 9.36 Å². The molecule has 2 aromatic carbocycles. The summed E-state index contributed by atoms with van der Waals surface area (Å²) >= 11 is 1.29. The van der Waals surface area contributed by atoms with Crippen LogP contribution < -0.4 is 9.64 Å². The summed E-state index contributed by atoms with van der Waals surface area (Å²) in [5, 5.41) is 9.02. The van der Waals surface area contributed by atoms with E-state index < -0.39 is 5.82 Å². The molecule has 1 amide bonds. The van der Waals surface area contributed by atoms with Crippen molar-refractivity contribution in [1.82, 2.24) is 14.8 Å². The highest BCUT2D eigenvalue weighted by Gasteiger charge is 2.21. The van der Waals surface area contributed by atoms with Crippen LogP contribution in [0, 0.1) is 5.82 Å². The van der Waals surface area contributed by atoms with Crippen LogP contribution in [-0.2, 0) is 16.1 Å². The topological polar surface area (TPSA) is 69.5 Å². The quantitative estimate of drug-likeness (QED) is 0.441. The first-order chi connectivity index (χ1) is 15.0. The molecule has 0 spiro atoms. The number of thioether (sulfide) groups is 1. The maximum absolute atomic E-state index is 13.9. The van der Waals surface area contributed by atoms with Crippen molar-refractivity contribution in [1.29, 1.82) is 0 Å². The van der Waals surface area contributed by atoms with E-state index in [1.54, 1.807) is 37.3 Å². The molecular weight excluding hydrogens is 419 g/mol. The molecule has 1 unspecified atom stereocenters. The molecule has 1 atom stereocenters. The lowest BCUT2D eigenvalue weighted by molar-refractivity contribution is -0.115. The number of hydrogen-bond acceptors (Lipinski definition) is 6. The smallest absolute Gasteiger partial charge is 0.237 e. The fourth-order valence-corrected chi connectivity index (χ4v) is 3.95. The van der Waals surface area contributed by atoms with E-state index in [4.69, 9.17) is 9.47 Å². The number of ether oxygens (including phenoxy) is 2. The minimum atomic E-state index is -0.442. The van der Waals surface area contributed by atoms with E-state index in [9.17, 15) is 9.18 Å². The summed E-state index contributed by atoms with van der Waals surface area (Å²) in [5.41, 5.74) is 0.821. The van der Waals surface area contributed by atoms with E-state index >= 15 is 0 Å². The predicted octanol–water partition coefficient (Wildman–Crippen LogP) is 3.96. The summed E-state index contributed by atoms with van der Waals surface area (Å²) in [6.07, 6.45) is 0. The van der Waals surface area contributed by atoms with E-state index in [0.29, 0.717) is 17.6 Å². The first-order valence-electron chi connectivity index (χ1n) is 9.75. The number of hydrogen-bond donors (Lipinski definition) is 0. The van der Waals surface area contributed by atoms with Gasteiger partial charge in [-0.05, 0) is 31.2 Å². The molecule has 0 N–H and O–H groups in total. The fraction of sp³-hybridized carbons (Fsp3) is 0.318. The van der Waals surface area contributed by atoms with Crippen molar-refractivity contribution in [3.63, 3.8) is 0 Å². The molecule has 1 heterocycles. The summed E-state index contributed by atoms with van der Waals surface area (Å²) in [4.78, 5) is 14.2. The molecule has 31 heavy (non-hydrogen) atoms. The minimum absolute atomic E-state index is 0.0421. The van der Waals surface area contributed by atoms with Crippen LogP contribution in [0.3, 0.4) is 0 Å². The van der Waals surface area contributed by atoms with Gasteiger partial charge in [-0.15, -0.1) is 10.2 Å². The molecule has 164 valence electrons. The summed E-state index contributed by atoms with van der Waals surface area (Å²) in [5.74, 6) is 0.360. The lowest BCUT2D eigenvalue weighted by atomic mass is 10.3. The molecule has 3 rings (SSSR count). The van der Waals surface area contributed by atoms with Crippen molar-refractivity contribution in [3.05, 3.63) is 66.2 Å². The van der Waals surface area contributed by atoms with Gasteiger partial charge in [0.05, 0.1) is 18.4 Å². The van der Waals surface area contributed by atoms with Crippen LogP contribution in [0.2, 0.25) is 0 Å². The van der Waals surface area contributed by atoms with Crippen LogP contribution in [0.4, 0.5) is 10.1 Å². The summed E-state index contributed by atoms with van der Waals surface area (Å²) in [7, 11) is 3.35. The molecule has 9 heteroatoms. The zero-order valence-corrected chi connectivity index (χ0v) is 18.5. The van der Waals surface area contributed by atoms with Crippen molar-refractivity contribution in [3.8, 4) is 5.75 Å². The Hall–Kier alpha value is -2.91. The highest BCUT2D eigenvalue weighted by Crippen LogP contribution is 2.25. The van der Waals surface area contributed by atoms with E-state index in [2.05, 4.69) is 10.2 Å². The van der Waals surface area contributed by atoms with Gasteiger partial charge in [0, 0.05) is 19.8 Å². The highest BCUT2D eigenvalue weighted by atomic mass is 32.2. The van der Waals surface area contributed by atoms with Crippen molar-refractivity contribution < 1.29 is 18.7 Å². The molecular formula is C22H25FN4O3S. The van der Waals surface area contributed by atoms with Gasteiger partial charge >= 0.3 is 0 Å². The van der Waals surface area contributed by atoms with E-state index in [-0.39, 0.29) is 30.1 Å². The Bertz CT molecular complexity index is 999. The second-order valence-electron chi connectivity index (χ2n) is 6.87. The van der Waals surface area contributed by atoms with Crippen LogP contribution in [0.15, 0.2) is 59.8 Å². The van der Waals surface area contributed by atoms with Gasteiger partial charge < -0.3 is 14.4 Å². The van der Waals surface area contributed by atoms with Crippen LogP contribution in [0.1, 0.15) is 18.8 Å². The predicted molar refractivity (Wildman–Crippen MR) is 118 cm³/mol. The summed E-state index contributed by atoms with van der Waals surface area (Å²) in [6, 6.07) is 15.5. The largest absolute Gasteiger partial charge is 0.483 e. The zero-order chi connectivity index (χ0) is 22.2. The van der Waals surface area contributed by atoms with Gasteiger partial charge in [0.2, 0.25) is 5.91 Å². The normalized spacial score (nSPS) is 11.9. The fourth-order valence-electron chi connectivity index (χ4n) is 2.99. The number of anilines is 1. The molecule has 0 aliphatic carbocycles. The van der Waals surface area contributed by atoms with Crippen LogP contribution >= 0.6 is 11.8 Å². The average Bonchev–Trinajstić information content (AvgIpc) is 3.20. The number of halogens is 1. The highest BCUT2D eigenvalue weighted by molar-refractivity contribution is 7.99. The first-order valence-corrected chi connectivity index (χ1v) is 10.7. The standard InChI is InChI=1S/C22H25FN4O3S/c1-16(13-29-3)27-20(14-30-19-12-8-7-11-18(19)23)24-25-22(27)31-15-21(28)26(2)17-9-5-4-6-10-17/h4-12,16H,13-15H2,1-3H3. The lowest BCUT2D eigenvalue weighted by Crippen LogP contribution is -2.28. The molecule has 0 saturated carbocycles. The number of amides is 1. The Morgan fingerprint density at radius 3 is 2.58 bits per heavy atom. The monoisotopic (exact) mass is 444 g/mol. The molecule has 0 radical (unpaired) electrons. The molecule has 3 aromatic rings. The Balaban J connectivity index is 1.72. The molecule has 0 aliphatic heterocycles. The van der Waals surface area contributed by atoms with Crippen molar-refractivity contribution in [2.24, 2.45) is 0 Å². The number of benzene rings is 2. The van der Waals surface area contributed by atoms with E-state index in [1.165, 1.54) is 17.8 Å². The maximum atomic E-state index is 13.9. The molecule has 7 nitrogen and oxygen atoms in total. The number of para-hydroxylation sites is 2. The average molecular weight is 445 g/mol. The second-order valence-corrected chi connectivity index (χ2v) is 7.81. The summed E-state index contributed by atoms with van der Waals surface area (Å²) < 4.78 is 26.6. The Morgan fingerprint density at radius 1 is 1.16 bits per heavy atom. The van der Waals surface area contributed by atoms with Crippen LogP contribution in [-0.4, -0.2) is 47.2 Å². The number of methoxy groups -OCH3 is 1. The minimum Gasteiger partial charge on any atom is -0.483 e. The van der Waals surface area contributed by atoms with Gasteiger partial charge in [0.15, 0.2) is 22.5 Å². The number of carbonyl (C=O) groups excluding carboxylic acids is 1. The third-order valence-corrected chi connectivity index (χ3v) is 5.55. The Kier molecular flexibility index (Phi) is 8.02. The Morgan fingerprint density at radius 2 is 1.87 bits per heavy atom. The molecule has 0 fully saturated rings. The zero-order valence-electron chi connectivity index (χ0n) is 17.7. The van der Waals surface area contributed by atoms with E-state index in [0.717, 1.165) is 5.69 Å². The maximum Gasteiger partial charge on any atom is 0.237 e. The van der Waals surface area contributed by atoms with Gasteiger partial charge in [-0.2, -0.15) is 0 Å². The van der Waals surface area contributed by atoms with Crippen LogP contribution in [0.25, 0.3) is 0 Å². The summed E-state index contributed by atoms with van der Waals surface area (Å²) in [6.45, 7) is 2.43. The first kappa shape index (κ1) is 22.8. The third-order valence-electron chi connectivity index (χ3n) is 4.62. The van der Waals surface area contributed by atoms with Gasteiger partial charge in [0.1, 0.15) is 6.61 Å². The molecule has 1 aromatic heterocycles. The Labute approximate surface area is 185 Å². The van der Waals surface area contributed by atoms with Crippen LogP contribution in [0.5, 0.6) is 5.75 Å². The van der Waals surface area contributed by atoms with E-state index in [1.807, 2.05) is 41.8 Å². The molecule has 0 saturated heterocycles. The van der Waals surface area contributed by atoms with Gasteiger partial charge in [0.25, 0.3) is 0 Å². The molecule has 0 aliphatic rings. The molecule has 0 bridgehead atoms. The third kappa shape index (κ3) is 5.83. The van der Waals surface area contributed by atoms with Crippen molar-refractivity contribution >= 4 is 23.4 Å². The van der Waals surface area contributed by atoms with Gasteiger partial charge in [-0.25, -0.2) is 4.39 Å². The number of carbonyl (C=O) groups is 1.